The fourth-order valence-corrected chi connectivity index (χ4v) is 1.99. The Morgan fingerprint density at radius 1 is 0.941 bits per heavy atom. The molecule has 0 radical (unpaired) electrons. The molecule has 0 spiro atoms. The molecule has 0 fully saturated rings. The molecule has 0 aromatic heterocycles. The van der Waals surface area contributed by atoms with Crippen LogP contribution in [0.4, 0.5) is 0 Å². The van der Waals surface area contributed by atoms with Crippen LogP contribution >= 0.6 is 0 Å². The van der Waals surface area contributed by atoms with Crippen molar-refractivity contribution in [3.8, 4) is 0 Å². The lowest BCUT2D eigenvalue weighted by Crippen LogP contribution is -2.29. The molecule has 0 aliphatic rings. The van der Waals surface area contributed by atoms with Crippen molar-refractivity contribution >= 4 is 0 Å². The van der Waals surface area contributed by atoms with Crippen LogP contribution in [0.25, 0.3) is 0 Å². The second-order valence-electron chi connectivity index (χ2n) is 6.91. The highest BCUT2D eigenvalue weighted by Crippen LogP contribution is 2.41. The minimum absolute atomic E-state index is 0.388. The van der Waals surface area contributed by atoms with E-state index in [0.717, 1.165) is 0 Å². The molecule has 0 aliphatic heterocycles. The third-order valence-corrected chi connectivity index (χ3v) is 4.54. The SMILES string of the molecule is Cc1ccccc1CCCC(C)(C)C(C)(C)C. The maximum Gasteiger partial charge on any atom is -0.0276 e. The van der Waals surface area contributed by atoms with Crippen molar-refractivity contribution in [3.63, 3.8) is 0 Å². The largest absolute Gasteiger partial charge is 0.0620 e. The summed E-state index contributed by atoms with van der Waals surface area (Å²) in [5.41, 5.74) is 3.74. The van der Waals surface area contributed by atoms with Crippen molar-refractivity contribution < 1.29 is 0 Å². The van der Waals surface area contributed by atoms with Crippen LogP contribution < -0.4 is 0 Å². The van der Waals surface area contributed by atoms with E-state index < -0.39 is 0 Å². The van der Waals surface area contributed by atoms with E-state index in [2.05, 4.69) is 65.8 Å². The standard InChI is InChI=1S/C17H28/c1-14-10-7-8-11-15(14)12-9-13-17(5,6)16(2,3)4/h7-8,10-11H,9,12-13H2,1-6H3. The van der Waals surface area contributed by atoms with Gasteiger partial charge in [0.2, 0.25) is 0 Å². The minimum atomic E-state index is 0.388. The molecule has 0 saturated carbocycles. The van der Waals surface area contributed by atoms with E-state index in [1.807, 2.05) is 0 Å². The van der Waals surface area contributed by atoms with Gasteiger partial charge in [0.25, 0.3) is 0 Å². The Bertz CT molecular complexity index is 353. The summed E-state index contributed by atoms with van der Waals surface area (Å²) in [6, 6.07) is 8.75. The first-order chi connectivity index (χ1) is 7.74. The third-order valence-electron chi connectivity index (χ3n) is 4.54. The van der Waals surface area contributed by atoms with Gasteiger partial charge >= 0.3 is 0 Å². The summed E-state index contributed by atoms with van der Waals surface area (Å²) in [6.07, 6.45) is 3.80. The molecular weight excluding hydrogens is 204 g/mol. The highest BCUT2D eigenvalue weighted by molar-refractivity contribution is 5.25. The number of rotatable bonds is 4. The first kappa shape index (κ1) is 14.3. The van der Waals surface area contributed by atoms with E-state index in [1.54, 1.807) is 0 Å². The van der Waals surface area contributed by atoms with E-state index >= 15 is 0 Å². The summed E-state index contributed by atoms with van der Waals surface area (Å²) in [4.78, 5) is 0. The number of hydrogen-bond donors (Lipinski definition) is 0. The average Bonchev–Trinajstić information content (AvgIpc) is 2.19. The third kappa shape index (κ3) is 3.87. The van der Waals surface area contributed by atoms with Crippen molar-refractivity contribution in [3.05, 3.63) is 35.4 Å². The van der Waals surface area contributed by atoms with Crippen LogP contribution in [-0.4, -0.2) is 0 Å². The highest BCUT2D eigenvalue weighted by atomic mass is 14.4. The monoisotopic (exact) mass is 232 g/mol. The maximum atomic E-state index is 2.39. The van der Waals surface area contributed by atoms with Crippen molar-refractivity contribution in [2.75, 3.05) is 0 Å². The van der Waals surface area contributed by atoms with Gasteiger partial charge in [-0.25, -0.2) is 0 Å². The summed E-state index contributed by atoms with van der Waals surface area (Å²) < 4.78 is 0. The van der Waals surface area contributed by atoms with Crippen molar-refractivity contribution in [2.24, 2.45) is 10.8 Å². The molecule has 1 rings (SSSR count). The smallest absolute Gasteiger partial charge is 0.0276 e. The summed E-state index contributed by atoms with van der Waals surface area (Å²) in [7, 11) is 0. The molecule has 0 amide bonds. The molecule has 0 saturated heterocycles. The van der Waals surface area contributed by atoms with Crippen molar-refractivity contribution in [1.29, 1.82) is 0 Å². The zero-order chi connectivity index (χ0) is 13.1. The molecule has 0 heteroatoms. The Kier molecular flexibility index (Phi) is 4.41. The Labute approximate surface area is 107 Å². The molecule has 0 aliphatic carbocycles. The summed E-state index contributed by atoms with van der Waals surface area (Å²) >= 11 is 0. The highest BCUT2D eigenvalue weighted by Gasteiger charge is 2.31. The van der Waals surface area contributed by atoms with Gasteiger partial charge in [-0.2, -0.15) is 0 Å². The predicted molar refractivity (Wildman–Crippen MR) is 77.4 cm³/mol. The molecule has 1 aromatic carbocycles. The van der Waals surface area contributed by atoms with Gasteiger partial charge in [0.15, 0.2) is 0 Å². The lowest BCUT2D eigenvalue weighted by molar-refractivity contribution is 0.117. The van der Waals surface area contributed by atoms with E-state index in [1.165, 1.54) is 30.4 Å². The first-order valence-electron chi connectivity index (χ1n) is 6.78. The van der Waals surface area contributed by atoms with Crippen LogP contribution in [0.5, 0.6) is 0 Å². The van der Waals surface area contributed by atoms with Gasteiger partial charge in [-0.1, -0.05) is 58.9 Å². The van der Waals surface area contributed by atoms with Gasteiger partial charge in [-0.05, 0) is 48.1 Å². The Hall–Kier alpha value is -0.780. The Morgan fingerprint density at radius 3 is 2.06 bits per heavy atom. The summed E-state index contributed by atoms with van der Waals surface area (Å²) in [5, 5.41) is 0. The van der Waals surface area contributed by atoms with Crippen LogP contribution in [0.3, 0.4) is 0 Å². The first-order valence-corrected chi connectivity index (χ1v) is 6.78. The molecular formula is C17H28. The predicted octanol–water partition coefficient (Wildman–Crippen LogP) is 5.39. The fourth-order valence-electron chi connectivity index (χ4n) is 1.99. The minimum Gasteiger partial charge on any atom is -0.0620 e. The molecule has 0 unspecified atom stereocenters. The van der Waals surface area contributed by atoms with Crippen LogP contribution in [-0.2, 0) is 6.42 Å². The zero-order valence-corrected chi connectivity index (χ0v) is 12.4. The van der Waals surface area contributed by atoms with Crippen LogP contribution in [0.2, 0.25) is 0 Å². The van der Waals surface area contributed by atoms with E-state index in [4.69, 9.17) is 0 Å². The van der Waals surface area contributed by atoms with Gasteiger partial charge in [-0.15, -0.1) is 0 Å². The van der Waals surface area contributed by atoms with Gasteiger partial charge in [-0.3, -0.25) is 0 Å². The average molecular weight is 232 g/mol. The normalized spacial score (nSPS) is 12.8. The van der Waals surface area contributed by atoms with Crippen LogP contribution in [0.15, 0.2) is 24.3 Å². The molecule has 0 bridgehead atoms. The second-order valence-corrected chi connectivity index (χ2v) is 6.91. The fraction of sp³-hybridized carbons (Fsp3) is 0.647. The molecule has 1 aromatic rings. The molecule has 0 heterocycles. The lowest BCUT2D eigenvalue weighted by Gasteiger charge is -2.39. The Morgan fingerprint density at radius 2 is 1.53 bits per heavy atom. The number of aryl methyl sites for hydroxylation is 2. The summed E-state index contributed by atoms with van der Waals surface area (Å²) in [6.45, 7) is 14.0. The molecule has 96 valence electrons. The molecule has 0 atom stereocenters. The van der Waals surface area contributed by atoms with Crippen LogP contribution in [0.1, 0.15) is 58.6 Å². The van der Waals surface area contributed by atoms with Crippen molar-refractivity contribution in [2.45, 2.75) is 60.8 Å². The Balaban J connectivity index is 2.52. The van der Waals surface area contributed by atoms with Gasteiger partial charge in [0, 0.05) is 0 Å². The van der Waals surface area contributed by atoms with Crippen molar-refractivity contribution in [1.82, 2.24) is 0 Å². The second kappa shape index (κ2) is 5.25. The van der Waals surface area contributed by atoms with E-state index in [0.29, 0.717) is 10.8 Å². The molecule has 0 nitrogen and oxygen atoms in total. The lowest BCUT2D eigenvalue weighted by atomic mass is 9.66. The molecule has 17 heavy (non-hydrogen) atoms. The summed E-state index contributed by atoms with van der Waals surface area (Å²) in [5.74, 6) is 0. The maximum absolute atomic E-state index is 2.39. The van der Waals surface area contributed by atoms with E-state index in [-0.39, 0.29) is 0 Å². The van der Waals surface area contributed by atoms with Gasteiger partial charge in [0.1, 0.15) is 0 Å². The topological polar surface area (TPSA) is 0 Å². The zero-order valence-electron chi connectivity index (χ0n) is 12.4. The number of hydrogen-bond acceptors (Lipinski definition) is 0. The molecule has 0 N–H and O–H groups in total. The van der Waals surface area contributed by atoms with Gasteiger partial charge < -0.3 is 0 Å². The van der Waals surface area contributed by atoms with Crippen LogP contribution in [0, 0.1) is 17.8 Å². The number of benzene rings is 1. The van der Waals surface area contributed by atoms with Gasteiger partial charge in [0.05, 0.1) is 0 Å². The van der Waals surface area contributed by atoms with E-state index in [9.17, 15) is 0 Å². The quantitative estimate of drug-likeness (QED) is 0.653.